The van der Waals surface area contributed by atoms with Gasteiger partial charge in [-0.1, -0.05) is 6.92 Å². The average molecular weight is 447 g/mol. The summed E-state index contributed by atoms with van der Waals surface area (Å²) >= 11 is 5.23. The number of rotatable bonds is 7. The van der Waals surface area contributed by atoms with Crippen molar-refractivity contribution >= 4 is 38.5 Å². The van der Waals surface area contributed by atoms with Gasteiger partial charge in [0.1, 0.15) is 11.1 Å². The van der Waals surface area contributed by atoms with E-state index < -0.39 is 0 Å². The molecule has 0 saturated heterocycles. The minimum Gasteiger partial charge on any atom is -0.490 e. The van der Waals surface area contributed by atoms with E-state index in [1.165, 1.54) is 16.9 Å². The van der Waals surface area contributed by atoms with Gasteiger partial charge in [0.05, 0.1) is 23.2 Å². The van der Waals surface area contributed by atoms with Crippen molar-refractivity contribution in [3.8, 4) is 17.6 Å². The van der Waals surface area contributed by atoms with E-state index in [4.69, 9.17) is 9.47 Å². The zero-order chi connectivity index (χ0) is 19.2. The van der Waals surface area contributed by atoms with Crippen LogP contribution < -0.4 is 9.47 Å². The van der Waals surface area contributed by atoms with E-state index in [1.54, 1.807) is 17.6 Å². The minimum atomic E-state index is 0.561. The van der Waals surface area contributed by atoms with Gasteiger partial charge in [-0.15, -0.1) is 11.3 Å². The first-order chi connectivity index (χ1) is 13.2. The van der Waals surface area contributed by atoms with Crippen LogP contribution >= 0.6 is 27.3 Å². The van der Waals surface area contributed by atoms with Gasteiger partial charge in [-0.2, -0.15) is 5.26 Å². The van der Waals surface area contributed by atoms with Crippen molar-refractivity contribution in [3.05, 3.63) is 38.2 Å². The fourth-order valence-electron chi connectivity index (χ4n) is 3.16. The molecule has 1 heterocycles. The second-order valence-corrected chi connectivity index (χ2v) is 8.31. The molecule has 0 N–H and O–H groups in total. The lowest BCUT2D eigenvalue weighted by Gasteiger charge is -2.14. The zero-order valence-corrected chi connectivity index (χ0v) is 18.1. The minimum absolute atomic E-state index is 0.561. The predicted octanol–water partition coefficient (Wildman–Crippen LogP) is 6.20. The van der Waals surface area contributed by atoms with Gasteiger partial charge in [0.2, 0.25) is 0 Å². The number of nitriles is 1. The van der Waals surface area contributed by atoms with Crippen LogP contribution in [0.5, 0.6) is 11.5 Å². The van der Waals surface area contributed by atoms with Crippen LogP contribution in [0.4, 0.5) is 5.00 Å². The Kier molecular flexibility index (Phi) is 6.92. The second-order valence-electron chi connectivity index (χ2n) is 6.37. The summed E-state index contributed by atoms with van der Waals surface area (Å²) in [6.07, 6.45) is 7.15. The van der Waals surface area contributed by atoms with Crippen LogP contribution in [0, 0.1) is 11.3 Å². The first kappa shape index (κ1) is 19.9. The lowest BCUT2D eigenvalue weighted by atomic mass is 9.96. The van der Waals surface area contributed by atoms with E-state index in [0.29, 0.717) is 19.0 Å². The third-order valence-electron chi connectivity index (χ3n) is 4.38. The Balaban J connectivity index is 1.91. The summed E-state index contributed by atoms with van der Waals surface area (Å²) in [5, 5.41) is 10.4. The molecule has 27 heavy (non-hydrogen) atoms. The van der Waals surface area contributed by atoms with Gasteiger partial charge in [-0.3, -0.25) is 0 Å². The number of benzene rings is 1. The van der Waals surface area contributed by atoms with Gasteiger partial charge < -0.3 is 9.47 Å². The molecule has 0 bridgehead atoms. The van der Waals surface area contributed by atoms with Crippen molar-refractivity contribution in [1.29, 1.82) is 5.26 Å². The van der Waals surface area contributed by atoms with E-state index in [9.17, 15) is 5.26 Å². The van der Waals surface area contributed by atoms with Crippen molar-refractivity contribution in [2.24, 2.45) is 4.99 Å². The Morgan fingerprint density at radius 3 is 2.81 bits per heavy atom. The largest absolute Gasteiger partial charge is 0.490 e. The highest BCUT2D eigenvalue weighted by atomic mass is 79.9. The van der Waals surface area contributed by atoms with Gasteiger partial charge >= 0.3 is 0 Å². The molecular weight excluding hydrogens is 424 g/mol. The molecule has 0 fully saturated rings. The maximum absolute atomic E-state index is 9.58. The lowest BCUT2D eigenvalue weighted by molar-refractivity contribution is 0.275. The second kappa shape index (κ2) is 9.38. The van der Waals surface area contributed by atoms with E-state index in [0.717, 1.165) is 52.0 Å². The predicted molar refractivity (Wildman–Crippen MR) is 114 cm³/mol. The van der Waals surface area contributed by atoms with Crippen LogP contribution in [0.1, 0.15) is 54.7 Å². The summed E-state index contributed by atoms with van der Waals surface area (Å²) in [6.45, 7) is 5.22. The Morgan fingerprint density at radius 1 is 1.26 bits per heavy atom. The molecule has 1 aromatic carbocycles. The van der Waals surface area contributed by atoms with Crippen molar-refractivity contribution in [3.63, 3.8) is 0 Å². The zero-order valence-electron chi connectivity index (χ0n) is 15.7. The van der Waals surface area contributed by atoms with Gasteiger partial charge in [-0.05, 0) is 78.2 Å². The number of hydrogen-bond acceptors (Lipinski definition) is 5. The fourth-order valence-corrected chi connectivity index (χ4v) is 4.92. The molecular formula is C21H23BrN2O2S. The van der Waals surface area contributed by atoms with Gasteiger partial charge in [0, 0.05) is 11.1 Å². The molecule has 1 aliphatic rings. The number of halogens is 1. The summed E-state index contributed by atoms with van der Waals surface area (Å²) in [4.78, 5) is 5.96. The van der Waals surface area contributed by atoms with Gasteiger partial charge in [0.15, 0.2) is 11.5 Å². The van der Waals surface area contributed by atoms with E-state index in [1.807, 2.05) is 19.1 Å². The van der Waals surface area contributed by atoms with Gasteiger partial charge in [0.25, 0.3) is 0 Å². The number of nitrogens with zero attached hydrogens (tertiary/aromatic N) is 2. The normalized spacial score (nSPS) is 13.4. The molecule has 0 aliphatic heterocycles. The van der Waals surface area contributed by atoms with Crippen molar-refractivity contribution in [2.45, 2.75) is 46.0 Å². The first-order valence-corrected chi connectivity index (χ1v) is 11.0. The number of thiophene rings is 1. The van der Waals surface area contributed by atoms with Crippen LogP contribution in [0.2, 0.25) is 0 Å². The van der Waals surface area contributed by atoms with E-state index in [-0.39, 0.29) is 0 Å². The van der Waals surface area contributed by atoms with Crippen molar-refractivity contribution in [1.82, 2.24) is 0 Å². The maximum atomic E-state index is 9.58. The summed E-state index contributed by atoms with van der Waals surface area (Å²) < 4.78 is 12.4. The standard InChI is InChI=1S/C21H23BrN2O2S/c1-3-9-26-20-17(22)10-14(11-18(20)25-4-2)13-24-21-16(12-23)15-7-5-6-8-19(15)27-21/h10-11,13H,3-9H2,1-2H3. The highest BCUT2D eigenvalue weighted by Gasteiger charge is 2.20. The number of fused-ring (bicyclic) bond motifs is 1. The molecule has 1 aliphatic carbocycles. The Labute approximate surface area is 173 Å². The summed E-state index contributed by atoms with van der Waals surface area (Å²) in [7, 11) is 0. The topological polar surface area (TPSA) is 54.6 Å². The molecule has 0 atom stereocenters. The van der Waals surface area contributed by atoms with Crippen LogP contribution in [0.15, 0.2) is 21.6 Å². The van der Waals surface area contributed by atoms with Crippen LogP contribution in [-0.4, -0.2) is 19.4 Å². The Morgan fingerprint density at radius 2 is 2.07 bits per heavy atom. The molecule has 0 amide bonds. The highest BCUT2D eigenvalue weighted by molar-refractivity contribution is 9.10. The smallest absolute Gasteiger partial charge is 0.175 e. The Bertz CT molecular complexity index is 883. The quantitative estimate of drug-likeness (QED) is 0.475. The summed E-state index contributed by atoms with van der Waals surface area (Å²) in [5.74, 6) is 1.42. The fraction of sp³-hybridized carbons (Fsp3) is 0.429. The molecule has 1 aromatic heterocycles. The maximum Gasteiger partial charge on any atom is 0.175 e. The molecule has 0 saturated carbocycles. The molecule has 0 unspecified atom stereocenters. The number of hydrogen-bond donors (Lipinski definition) is 0. The molecule has 0 spiro atoms. The summed E-state index contributed by atoms with van der Waals surface area (Å²) in [6, 6.07) is 6.26. The number of aliphatic imine (C=N–C) groups is 1. The molecule has 3 rings (SSSR count). The molecule has 142 valence electrons. The number of ether oxygens (including phenoxy) is 2. The van der Waals surface area contributed by atoms with Crippen LogP contribution in [-0.2, 0) is 12.8 Å². The van der Waals surface area contributed by atoms with Crippen molar-refractivity contribution in [2.75, 3.05) is 13.2 Å². The monoisotopic (exact) mass is 446 g/mol. The third kappa shape index (κ3) is 4.53. The number of aryl methyl sites for hydroxylation is 1. The van der Waals surface area contributed by atoms with E-state index in [2.05, 4.69) is 33.9 Å². The molecule has 2 aromatic rings. The summed E-state index contributed by atoms with van der Waals surface area (Å²) in [5.41, 5.74) is 2.86. The van der Waals surface area contributed by atoms with Crippen LogP contribution in [0.25, 0.3) is 0 Å². The first-order valence-electron chi connectivity index (χ1n) is 9.35. The highest BCUT2D eigenvalue weighted by Crippen LogP contribution is 2.40. The molecule has 4 nitrogen and oxygen atoms in total. The van der Waals surface area contributed by atoms with Crippen molar-refractivity contribution < 1.29 is 9.47 Å². The van der Waals surface area contributed by atoms with Gasteiger partial charge in [-0.25, -0.2) is 4.99 Å². The Hall–Kier alpha value is -1.84. The van der Waals surface area contributed by atoms with Crippen LogP contribution in [0.3, 0.4) is 0 Å². The molecule has 0 radical (unpaired) electrons. The lowest BCUT2D eigenvalue weighted by Crippen LogP contribution is -2.01. The SMILES string of the molecule is CCCOc1c(Br)cc(C=Nc2sc3c(c2C#N)CCCC3)cc1OCC. The van der Waals surface area contributed by atoms with E-state index >= 15 is 0 Å². The average Bonchev–Trinajstić information content (AvgIpc) is 3.03. The third-order valence-corrected chi connectivity index (χ3v) is 6.17. The molecule has 6 heteroatoms.